The van der Waals surface area contributed by atoms with E-state index in [9.17, 15) is 8.42 Å². The van der Waals surface area contributed by atoms with Gasteiger partial charge in [0.15, 0.2) is 0 Å². The fourth-order valence-corrected chi connectivity index (χ4v) is 4.10. The van der Waals surface area contributed by atoms with Crippen molar-refractivity contribution in [2.75, 3.05) is 27.2 Å². The fraction of sp³-hybridized carbons (Fsp3) is 0.571. The molecule has 1 aromatic rings. The first-order valence-electron chi connectivity index (χ1n) is 6.83. The topological polar surface area (TPSA) is 58.6 Å². The molecule has 0 aliphatic carbocycles. The maximum atomic E-state index is 12.5. The lowest BCUT2D eigenvalue weighted by Gasteiger charge is -2.27. The first-order chi connectivity index (χ1) is 9.54. The van der Waals surface area contributed by atoms with Crippen LogP contribution >= 0.6 is 0 Å². The van der Waals surface area contributed by atoms with Crippen LogP contribution in [0.25, 0.3) is 0 Å². The van der Waals surface area contributed by atoms with Crippen molar-refractivity contribution >= 4 is 10.0 Å². The molecule has 0 unspecified atom stereocenters. The zero-order valence-corrected chi connectivity index (χ0v) is 12.8. The van der Waals surface area contributed by atoms with Crippen LogP contribution in [-0.4, -0.2) is 45.2 Å². The minimum Gasteiger partial charge on any atom is -0.497 e. The van der Waals surface area contributed by atoms with Gasteiger partial charge in [0.05, 0.1) is 12.4 Å². The largest absolute Gasteiger partial charge is 0.497 e. The van der Waals surface area contributed by atoms with E-state index in [0.29, 0.717) is 19.4 Å². The van der Waals surface area contributed by atoms with E-state index in [2.05, 4.69) is 5.32 Å². The molecule has 5 nitrogen and oxygen atoms in total. The second-order valence-corrected chi connectivity index (χ2v) is 7.42. The molecule has 112 valence electrons. The van der Waals surface area contributed by atoms with Crippen molar-refractivity contribution in [1.82, 2.24) is 9.62 Å². The van der Waals surface area contributed by atoms with Crippen molar-refractivity contribution in [3.8, 4) is 5.75 Å². The highest BCUT2D eigenvalue weighted by Gasteiger charge is 2.30. The molecule has 2 rings (SSSR count). The summed E-state index contributed by atoms with van der Waals surface area (Å²) in [5.41, 5.74) is 0.964. The van der Waals surface area contributed by atoms with E-state index < -0.39 is 10.0 Å². The number of benzene rings is 1. The average molecular weight is 298 g/mol. The highest BCUT2D eigenvalue weighted by atomic mass is 32.2. The van der Waals surface area contributed by atoms with E-state index in [1.54, 1.807) is 14.2 Å². The third-order valence-corrected chi connectivity index (χ3v) is 6.02. The van der Waals surface area contributed by atoms with Gasteiger partial charge < -0.3 is 10.1 Å². The summed E-state index contributed by atoms with van der Waals surface area (Å²) in [6.07, 6.45) is 1.38. The second-order valence-electron chi connectivity index (χ2n) is 5.10. The van der Waals surface area contributed by atoms with E-state index in [0.717, 1.165) is 24.4 Å². The molecular weight excluding hydrogens is 276 g/mol. The Hall–Kier alpha value is -1.11. The van der Waals surface area contributed by atoms with Crippen LogP contribution in [0.5, 0.6) is 5.75 Å². The van der Waals surface area contributed by atoms with Crippen molar-refractivity contribution in [2.45, 2.75) is 24.6 Å². The Bertz CT molecular complexity index is 522. The lowest BCUT2D eigenvalue weighted by atomic mass is 10.2. The average Bonchev–Trinajstić information content (AvgIpc) is 2.49. The summed E-state index contributed by atoms with van der Waals surface area (Å²) in [7, 11) is 0.0543. The van der Waals surface area contributed by atoms with Crippen molar-refractivity contribution in [3.05, 3.63) is 29.8 Å². The van der Waals surface area contributed by atoms with Crippen LogP contribution in [-0.2, 0) is 16.6 Å². The zero-order valence-electron chi connectivity index (χ0n) is 12.0. The lowest BCUT2D eigenvalue weighted by molar-refractivity contribution is 0.413. The summed E-state index contributed by atoms with van der Waals surface area (Å²) in [4.78, 5) is 0. The zero-order chi connectivity index (χ0) is 14.6. The molecule has 1 fully saturated rings. The van der Waals surface area contributed by atoms with Gasteiger partial charge >= 0.3 is 0 Å². The van der Waals surface area contributed by atoms with E-state index in [-0.39, 0.29) is 5.25 Å². The number of nitrogens with one attached hydrogen (secondary N) is 1. The maximum absolute atomic E-state index is 12.5. The predicted molar refractivity (Wildman–Crippen MR) is 79.3 cm³/mol. The van der Waals surface area contributed by atoms with Crippen LogP contribution in [0, 0.1) is 0 Å². The van der Waals surface area contributed by atoms with E-state index in [4.69, 9.17) is 4.74 Å². The SMILES string of the molecule is COc1ccc(CN(C)S(=O)(=O)C2CCNCC2)cc1. The minimum absolute atomic E-state index is 0.257. The van der Waals surface area contributed by atoms with Gasteiger partial charge in [0.1, 0.15) is 5.75 Å². The molecule has 1 N–H and O–H groups in total. The molecule has 6 heteroatoms. The number of hydrogen-bond acceptors (Lipinski definition) is 4. The van der Waals surface area contributed by atoms with Gasteiger partial charge in [0, 0.05) is 13.6 Å². The Morgan fingerprint density at radius 1 is 1.25 bits per heavy atom. The van der Waals surface area contributed by atoms with Crippen LogP contribution < -0.4 is 10.1 Å². The van der Waals surface area contributed by atoms with Gasteiger partial charge in [-0.25, -0.2) is 12.7 Å². The van der Waals surface area contributed by atoms with Crippen molar-refractivity contribution in [2.24, 2.45) is 0 Å². The number of methoxy groups -OCH3 is 1. The summed E-state index contributed by atoms with van der Waals surface area (Å²) < 4.78 is 31.5. The Morgan fingerprint density at radius 2 is 1.85 bits per heavy atom. The van der Waals surface area contributed by atoms with E-state index in [1.165, 1.54) is 4.31 Å². The Balaban J connectivity index is 2.03. The summed E-state index contributed by atoms with van der Waals surface area (Å²) in [5, 5.41) is 2.93. The maximum Gasteiger partial charge on any atom is 0.217 e. The summed E-state index contributed by atoms with van der Waals surface area (Å²) in [6, 6.07) is 7.49. The lowest BCUT2D eigenvalue weighted by Crippen LogP contribution is -2.42. The number of piperidine rings is 1. The van der Waals surface area contributed by atoms with E-state index >= 15 is 0 Å². The molecule has 0 spiro atoms. The monoisotopic (exact) mass is 298 g/mol. The fourth-order valence-electron chi connectivity index (χ4n) is 2.43. The van der Waals surface area contributed by atoms with Crippen LogP contribution in [0.1, 0.15) is 18.4 Å². The van der Waals surface area contributed by atoms with Crippen molar-refractivity contribution in [3.63, 3.8) is 0 Å². The Kier molecular flexibility index (Phi) is 5.01. The molecule has 1 saturated heterocycles. The van der Waals surface area contributed by atoms with Crippen LogP contribution in [0.2, 0.25) is 0 Å². The van der Waals surface area contributed by atoms with Gasteiger partial charge in [-0.2, -0.15) is 0 Å². The molecule has 1 aliphatic rings. The molecule has 0 aromatic heterocycles. The highest BCUT2D eigenvalue weighted by molar-refractivity contribution is 7.89. The predicted octanol–water partition coefficient (Wildman–Crippen LogP) is 1.21. The molecule has 0 atom stereocenters. The second kappa shape index (κ2) is 6.56. The summed E-state index contributed by atoms with van der Waals surface area (Å²) >= 11 is 0. The Labute approximate surface area is 121 Å². The third-order valence-electron chi connectivity index (χ3n) is 3.71. The van der Waals surface area contributed by atoms with Gasteiger partial charge in [-0.15, -0.1) is 0 Å². The smallest absolute Gasteiger partial charge is 0.217 e. The first-order valence-corrected chi connectivity index (χ1v) is 8.33. The molecule has 0 bridgehead atoms. The number of rotatable bonds is 5. The van der Waals surface area contributed by atoms with Gasteiger partial charge in [-0.3, -0.25) is 0 Å². The minimum atomic E-state index is -3.21. The number of nitrogens with zero attached hydrogens (tertiary/aromatic N) is 1. The summed E-state index contributed by atoms with van der Waals surface area (Å²) in [6.45, 7) is 1.96. The van der Waals surface area contributed by atoms with Crippen LogP contribution in [0.3, 0.4) is 0 Å². The molecule has 0 saturated carbocycles. The van der Waals surface area contributed by atoms with Crippen LogP contribution in [0.4, 0.5) is 0 Å². The summed E-state index contributed by atoms with van der Waals surface area (Å²) in [5.74, 6) is 0.776. The molecule has 20 heavy (non-hydrogen) atoms. The quantitative estimate of drug-likeness (QED) is 0.887. The van der Waals surface area contributed by atoms with Crippen molar-refractivity contribution in [1.29, 1.82) is 0 Å². The van der Waals surface area contributed by atoms with E-state index in [1.807, 2.05) is 24.3 Å². The number of ether oxygens (including phenoxy) is 1. The molecule has 1 aliphatic heterocycles. The van der Waals surface area contributed by atoms with Gasteiger partial charge in [-0.05, 0) is 43.6 Å². The Morgan fingerprint density at radius 3 is 2.40 bits per heavy atom. The molecular formula is C14H22N2O3S. The standard InChI is InChI=1S/C14H22N2O3S/c1-16(11-12-3-5-13(19-2)6-4-12)20(17,18)14-7-9-15-10-8-14/h3-6,14-15H,7-11H2,1-2H3. The van der Waals surface area contributed by atoms with Crippen LogP contribution in [0.15, 0.2) is 24.3 Å². The number of sulfonamides is 1. The first kappa shape index (κ1) is 15.3. The highest BCUT2D eigenvalue weighted by Crippen LogP contribution is 2.19. The van der Waals surface area contributed by atoms with Crippen molar-refractivity contribution < 1.29 is 13.2 Å². The third kappa shape index (κ3) is 3.50. The molecule has 1 aromatic carbocycles. The molecule has 0 amide bonds. The molecule has 1 heterocycles. The normalized spacial score (nSPS) is 17.4. The van der Waals surface area contributed by atoms with Gasteiger partial charge in [0.2, 0.25) is 10.0 Å². The number of hydrogen-bond donors (Lipinski definition) is 1. The molecule has 0 radical (unpaired) electrons. The van der Waals surface area contributed by atoms with Gasteiger partial charge in [0.25, 0.3) is 0 Å². The van der Waals surface area contributed by atoms with Gasteiger partial charge in [-0.1, -0.05) is 12.1 Å².